The summed E-state index contributed by atoms with van der Waals surface area (Å²) in [6.45, 7) is 54.3. The van der Waals surface area contributed by atoms with Gasteiger partial charge in [-0.2, -0.15) is 0 Å². The minimum atomic E-state index is -0.190. The van der Waals surface area contributed by atoms with E-state index in [1.807, 2.05) is 0 Å². The molecule has 111 heavy (non-hydrogen) atoms. The predicted octanol–water partition coefficient (Wildman–Crippen LogP) is 27.4. The van der Waals surface area contributed by atoms with Gasteiger partial charge in [-0.15, -0.1) is 0 Å². The molecule has 0 atom stereocenters. The van der Waals surface area contributed by atoms with Gasteiger partial charge in [0.05, 0.1) is 27.8 Å². The Morgan fingerprint density at radius 2 is 0.550 bits per heavy atom. The van der Waals surface area contributed by atoms with Crippen molar-refractivity contribution in [2.45, 2.75) is 221 Å². The molecule has 18 rings (SSSR count). The second-order valence-electron chi connectivity index (χ2n) is 41.4. The quantitative estimate of drug-likeness (QED) is 0.148. The normalized spacial score (nSPS) is 16.2. The van der Waals surface area contributed by atoms with Gasteiger partial charge in [-0.25, -0.2) is 0 Å². The maximum atomic E-state index is 2.67. The van der Waals surface area contributed by atoms with Gasteiger partial charge >= 0.3 is 0 Å². The van der Waals surface area contributed by atoms with E-state index in [-0.39, 0.29) is 55.4 Å². The van der Waals surface area contributed by atoms with Crippen molar-refractivity contribution in [3.63, 3.8) is 0 Å². The van der Waals surface area contributed by atoms with Crippen molar-refractivity contribution in [1.29, 1.82) is 0 Å². The van der Waals surface area contributed by atoms with Crippen molar-refractivity contribution in [3.05, 3.63) is 281 Å². The fraction of sp³-hybridized carbons (Fsp3) is 0.321. The Bertz CT molecular complexity index is 6060. The fourth-order valence-corrected chi connectivity index (χ4v) is 20.6. The molecule has 5 heteroatoms. The minimum absolute atomic E-state index is 0.0123. The Balaban J connectivity index is 0.943. The monoisotopic (exact) mass is 1450 g/mol. The number of hydrogen-bond acceptors (Lipinski definition) is 2. The van der Waals surface area contributed by atoms with Crippen molar-refractivity contribution < 1.29 is 0 Å². The molecule has 2 aromatic heterocycles. The zero-order valence-electron chi connectivity index (χ0n) is 70.2. The summed E-state index contributed by atoms with van der Waals surface area (Å²) in [6.07, 6.45) is 2.25. The second-order valence-corrected chi connectivity index (χ2v) is 41.4. The first-order chi connectivity index (χ1) is 52.1. The van der Waals surface area contributed by atoms with Crippen molar-refractivity contribution >= 4 is 101 Å². The average Bonchev–Trinajstić information content (AvgIpc) is 1.44. The van der Waals surface area contributed by atoms with Crippen molar-refractivity contribution in [2.75, 3.05) is 9.80 Å². The summed E-state index contributed by atoms with van der Waals surface area (Å²) in [7, 11) is 0. The van der Waals surface area contributed by atoms with Crippen LogP contribution in [0.1, 0.15) is 222 Å². The lowest BCUT2D eigenvalue weighted by Gasteiger charge is -2.44. The molecule has 4 heterocycles. The first-order valence-corrected chi connectivity index (χ1v) is 41.0. The lowest BCUT2D eigenvalue weighted by atomic mass is 9.33. The number of nitrogens with zero attached hydrogens (tertiary/aromatic N) is 4. The molecule has 4 nitrogen and oxygen atoms in total. The summed E-state index contributed by atoms with van der Waals surface area (Å²) in [4.78, 5) is 5.30. The van der Waals surface area contributed by atoms with Crippen LogP contribution in [0.15, 0.2) is 231 Å². The average molecular weight is 1450 g/mol. The van der Waals surface area contributed by atoms with Gasteiger partial charge in [0, 0.05) is 61.4 Å². The summed E-state index contributed by atoms with van der Waals surface area (Å²) in [5.74, 6) is 0. The van der Waals surface area contributed by atoms with E-state index in [1.165, 1.54) is 149 Å². The van der Waals surface area contributed by atoms with Crippen LogP contribution in [0.4, 0.5) is 34.1 Å². The van der Waals surface area contributed by atoms with Crippen LogP contribution in [0.5, 0.6) is 0 Å². The largest absolute Gasteiger partial charge is 0.311 e. The molecule has 0 spiro atoms. The van der Waals surface area contributed by atoms with E-state index in [2.05, 4.69) is 409 Å². The highest BCUT2D eigenvalue weighted by atomic mass is 15.2. The molecule has 2 aliphatic heterocycles. The lowest BCUT2D eigenvalue weighted by molar-refractivity contribution is 0.402. The maximum absolute atomic E-state index is 2.67. The molecule has 0 radical (unpaired) electrons. The first-order valence-electron chi connectivity index (χ1n) is 41.0. The summed E-state index contributed by atoms with van der Waals surface area (Å²) in [6, 6.07) is 92.4. The Morgan fingerprint density at radius 3 is 0.937 bits per heavy atom. The number of fused-ring (bicyclic) bond motifs is 12. The number of rotatable bonds is 7. The third kappa shape index (κ3) is 11.7. The second kappa shape index (κ2) is 24.2. The van der Waals surface area contributed by atoms with E-state index in [4.69, 9.17) is 0 Å². The van der Waals surface area contributed by atoms with Gasteiger partial charge in [-0.1, -0.05) is 287 Å². The third-order valence-electron chi connectivity index (χ3n) is 26.3. The number of anilines is 6. The molecule has 558 valence electrons. The van der Waals surface area contributed by atoms with E-state index >= 15 is 0 Å². The van der Waals surface area contributed by atoms with Gasteiger partial charge in [0.25, 0.3) is 6.71 Å². The van der Waals surface area contributed by atoms with Gasteiger partial charge in [-0.3, -0.25) is 0 Å². The van der Waals surface area contributed by atoms with Gasteiger partial charge in [-0.05, 0) is 265 Å². The highest BCUT2D eigenvalue weighted by Crippen LogP contribution is 2.54. The van der Waals surface area contributed by atoms with Crippen molar-refractivity contribution in [2.24, 2.45) is 0 Å². The zero-order valence-corrected chi connectivity index (χ0v) is 70.2. The minimum Gasteiger partial charge on any atom is -0.311 e. The van der Waals surface area contributed by atoms with Gasteiger partial charge in [0.2, 0.25) is 0 Å². The van der Waals surface area contributed by atoms with Gasteiger partial charge in [0.1, 0.15) is 0 Å². The Morgan fingerprint density at radius 1 is 0.243 bits per heavy atom. The van der Waals surface area contributed by atoms with Gasteiger partial charge in [0.15, 0.2) is 0 Å². The molecule has 0 amide bonds. The van der Waals surface area contributed by atoms with Crippen molar-refractivity contribution in [3.8, 4) is 44.8 Å². The van der Waals surface area contributed by atoms with E-state index in [9.17, 15) is 0 Å². The van der Waals surface area contributed by atoms with Crippen LogP contribution in [0.2, 0.25) is 0 Å². The lowest BCUT2D eigenvalue weighted by Crippen LogP contribution is -2.61. The Labute approximate surface area is 661 Å². The SMILES string of the molecule is CC(C)(C)c1ccc(-c2ccc3c(c2)B2c4ccc(-n5c6ccc(C(C)(C)C)cc6c6cc(C(C)(C)C)ccc65)cc4N(c4ccc(-c5ccc6c(c5)C(C)(C)CC6(C)C)cc4)c4cc(-n5c6ccc(C(C)(C)C)cc6c6cc(C(C)(C)C)ccc65)cc(c42)N3c2ccc(-c3ccc4c(c3)C(C)(C)CC4(C)C)cc2)cc1. The predicted molar refractivity (Wildman–Crippen MR) is 480 cm³/mol. The zero-order chi connectivity index (χ0) is 78.3. The molecule has 0 fully saturated rings. The highest BCUT2D eigenvalue weighted by Gasteiger charge is 2.47. The summed E-state index contributed by atoms with van der Waals surface area (Å²) < 4.78 is 5.17. The molecule has 0 N–H and O–H groups in total. The van der Waals surface area contributed by atoms with E-state index < -0.39 is 0 Å². The number of hydrogen-bond donors (Lipinski definition) is 0. The number of benzene rings is 12. The maximum Gasteiger partial charge on any atom is 0.252 e. The molecule has 0 saturated heterocycles. The summed E-state index contributed by atoms with van der Waals surface area (Å²) in [5.41, 5.74) is 37.7. The Kier molecular flexibility index (Phi) is 15.8. The summed E-state index contributed by atoms with van der Waals surface area (Å²) >= 11 is 0. The summed E-state index contributed by atoms with van der Waals surface area (Å²) in [5, 5.41) is 5.09. The molecular formula is C106H111BN4. The molecule has 14 aromatic rings. The standard InChI is InChI=1S/C106H111BN4/c1-98(2,3)70-33-24-64(25-34-70)69-32-47-93-88(54-69)107-87-46-43-77(110-89-48-35-71(99(4,5)6)55-79(89)80-56-72(100(7,8)9)36-49-90(80)110)59-94(87)109(76-41-28-66(29-42-76)68-31-45-84-86(53-68)106(22,23)63-104(84,18)19)96-61-78(111-91-50-37-73(101(10,11)12)57-81(91)82-58-74(102(13,14)15)38-51-92(82)111)60-95(97(96)107)108(93)75-39-26-65(27-40-75)67-30-44-83-85(52-67)105(20,21)62-103(83,16)17/h24-61H,62-63H2,1-23H3. The molecule has 2 aliphatic carbocycles. The molecule has 12 aromatic carbocycles. The van der Waals surface area contributed by atoms with Crippen LogP contribution >= 0.6 is 0 Å². The highest BCUT2D eigenvalue weighted by molar-refractivity contribution is 7.00. The van der Waals surface area contributed by atoms with E-state index in [0.717, 1.165) is 52.7 Å². The van der Waals surface area contributed by atoms with Crippen LogP contribution < -0.4 is 26.2 Å². The molecule has 4 aliphatic rings. The van der Waals surface area contributed by atoms with Crippen LogP contribution in [-0.4, -0.2) is 15.8 Å². The van der Waals surface area contributed by atoms with E-state index in [1.54, 1.807) is 0 Å². The molecular weight excluding hydrogens is 1340 g/mol. The topological polar surface area (TPSA) is 16.3 Å². The molecule has 0 saturated carbocycles. The van der Waals surface area contributed by atoms with Crippen LogP contribution in [0.3, 0.4) is 0 Å². The smallest absolute Gasteiger partial charge is 0.252 e. The van der Waals surface area contributed by atoms with Crippen molar-refractivity contribution in [1.82, 2.24) is 9.13 Å². The molecule has 0 unspecified atom stereocenters. The fourth-order valence-electron chi connectivity index (χ4n) is 20.6. The van der Waals surface area contributed by atoms with E-state index in [0.29, 0.717) is 0 Å². The Hall–Kier alpha value is -10.1. The third-order valence-corrected chi connectivity index (χ3v) is 26.3. The molecule has 0 bridgehead atoms. The number of aromatic nitrogens is 2. The van der Waals surface area contributed by atoms with Gasteiger partial charge < -0.3 is 18.9 Å². The van der Waals surface area contributed by atoms with Crippen LogP contribution in [-0.2, 0) is 48.7 Å². The van der Waals surface area contributed by atoms with Crippen LogP contribution in [0, 0.1) is 0 Å². The van der Waals surface area contributed by atoms with Crippen LogP contribution in [0.25, 0.3) is 88.4 Å². The first kappa shape index (κ1) is 72.4.